The van der Waals surface area contributed by atoms with E-state index in [2.05, 4.69) is 0 Å². The van der Waals surface area contributed by atoms with Gasteiger partial charge in [0.05, 0.1) is 10.5 Å². The normalized spacial score (nSPS) is 26.6. The Morgan fingerprint density at radius 1 is 1.32 bits per heavy atom. The van der Waals surface area contributed by atoms with Crippen molar-refractivity contribution in [2.24, 2.45) is 5.41 Å². The minimum Gasteiger partial charge on any atom is -0.433 e. The highest BCUT2D eigenvalue weighted by molar-refractivity contribution is 5.99. The van der Waals surface area contributed by atoms with Gasteiger partial charge in [-0.2, -0.15) is 0 Å². The van der Waals surface area contributed by atoms with E-state index in [1.165, 1.54) is 18.2 Å². The maximum Gasteiger partial charge on any atom is 0.364 e. The molecule has 0 fully saturated rings. The summed E-state index contributed by atoms with van der Waals surface area (Å²) in [6.07, 6.45) is -0.715. The molecule has 6 heteroatoms. The lowest BCUT2D eigenvalue weighted by Gasteiger charge is -2.28. The number of ether oxygens (including phenoxy) is 1. The Bertz CT molecular complexity index is 695. The molecule has 0 radical (unpaired) electrons. The van der Waals surface area contributed by atoms with Crippen LogP contribution in [0.25, 0.3) is 0 Å². The van der Waals surface area contributed by atoms with Crippen molar-refractivity contribution in [1.82, 2.24) is 0 Å². The highest BCUT2D eigenvalue weighted by atomic mass is 19.1. The number of carbonyl (C=O) groups excluding carboxylic acids is 1. The van der Waals surface area contributed by atoms with E-state index in [0.717, 1.165) is 0 Å². The number of benzene rings is 1. The Morgan fingerprint density at radius 2 is 2.00 bits per heavy atom. The quantitative estimate of drug-likeness (QED) is 0.621. The zero-order valence-electron chi connectivity index (χ0n) is 12.3. The number of nitrogens with zero attached hydrogens (tertiary/aromatic N) is 1. The average molecular weight is 305 g/mol. The molecule has 1 aliphatic heterocycles. The fraction of sp³-hybridized carbons (Fsp3) is 0.438. The first-order valence-corrected chi connectivity index (χ1v) is 7.11. The molecule has 0 amide bonds. The molecule has 1 heterocycles. The molecule has 0 spiro atoms. The summed E-state index contributed by atoms with van der Waals surface area (Å²) >= 11 is 0. The van der Waals surface area contributed by atoms with Crippen molar-refractivity contribution in [3.63, 3.8) is 0 Å². The predicted octanol–water partition coefficient (Wildman–Crippen LogP) is 3.19. The zero-order valence-corrected chi connectivity index (χ0v) is 12.3. The van der Waals surface area contributed by atoms with Gasteiger partial charge in [0, 0.05) is 18.4 Å². The van der Waals surface area contributed by atoms with Gasteiger partial charge in [0.15, 0.2) is 5.78 Å². The summed E-state index contributed by atoms with van der Waals surface area (Å²) < 4.78 is 19.6. The van der Waals surface area contributed by atoms with Gasteiger partial charge < -0.3 is 4.74 Å². The Hall–Kier alpha value is -2.24. The minimum atomic E-state index is -1.44. The molecule has 0 bridgehead atoms. The molecule has 0 saturated heterocycles. The number of nitro groups is 1. The van der Waals surface area contributed by atoms with E-state index < -0.39 is 22.9 Å². The maximum atomic E-state index is 14.1. The van der Waals surface area contributed by atoms with Crippen molar-refractivity contribution in [2.75, 3.05) is 0 Å². The minimum absolute atomic E-state index is 0.141. The monoisotopic (exact) mass is 305 g/mol. The molecule has 5 nitrogen and oxygen atoms in total. The van der Waals surface area contributed by atoms with Crippen molar-refractivity contribution >= 4 is 5.78 Å². The number of hydrogen-bond acceptors (Lipinski definition) is 4. The molecule has 0 unspecified atom stereocenters. The Kier molecular flexibility index (Phi) is 3.27. The van der Waals surface area contributed by atoms with Crippen molar-refractivity contribution < 1.29 is 18.8 Å². The fourth-order valence-electron chi connectivity index (χ4n) is 3.29. The first kappa shape index (κ1) is 14.7. The number of allylic oxidation sites excluding steroid dienone is 1. The van der Waals surface area contributed by atoms with Crippen LogP contribution in [0.4, 0.5) is 4.39 Å². The highest BCUT2D eigenvalue weighted by Crippen LogP contribution is 2.49. The third kappa shape index (κ3) is 2.28. The van der Waals surface area contributed by atoms with Crippen molar-refractivity contribution in [1.29, 1.82) is 0 Å². The second kappa shape index (κ2) is 4.90. The molecule has 0 saturated carbocycles. The Morgan fingerprint density at radius 3 is 2.64 bits per heavy atom. The van der Waals surface area contributed by atoms with E-state index in [1.807, 2.05) is 13.8 Å². The van der Waals surface area contributed by atoms with Crippen LogP contribution in [0.5, 0.6) is 0 Å². The maximum absolute atomic E-state index is 14.1. The van der Waals surface area contributed by atoms with Crippen LogP contribution >= 0.6 is 0 Å². The van der Waals surface area contributed by atoms with E-state index in [1.54, 1.807) is 6.07 Å². The van der Waals surface area contributed by atoms with Gasteiger partial charge in [-0.3, -0.25) is 14.9 Å². The highest BCUT2D eigenvalue weighted by Gasteiger charge is 2.52. The lowest BCUT2D eigenvalue weighted by atomic mass is 9.73. The summed E-state index contributed by atoms with van der Waals surface area (Å²) in [5.74, 6) is -1.39. The summed E-state index contributed by atoms with van der Waals surface area (Å²) in [5.41, 5.74) is 0.106. The molecule has 2 aliphatic rings. The van der Waals surface area contributed by atoms with Crippen LogP contribution in [0, 0.1) is 21.3 Å². The van der Waals surface area contributed by atoms with Gasteiger partial charge in [0.2, 0.25) is 0 Å². The molecule has 0 aromatic heterocycles. The molecule has 1 aromatic carbocycles. The van der Waals surface area contributed by atoms with E-state index in [0.29, 0.717) is 12.2 Å². The molecule has 116 valence electrons. The lowest BCUT2D eigenvalue weighted by Crippen LogP contribution is -2.29. The largest absolute Gasteiger partial charge is 0.433 e. The van der Waals surface area contributed by atoms with Crippen LogP contribution < -0.4 is 0 Å². The number of carbonyl (C=O) groups is 1. The molecular weight excluding hydrogens is 289 g/mol. The Balaban J connectivity index is 2.12. The first-order chi connectivity index (χ1) is 10.3. The lowest BCUT2D eigenvalue weighted by molar-refractivity contribution is -0.570. The van der Waals surface area contributed by atoms with Gasteiger partial charge in [-0.25, -0.2) is 4.39 Å². The SMILES string of the molecule is CC1(C)CC(=O)C2=C(C1)O[C@H]([N+](=O)[O-])[C@H]2c1ccccc1F. The smallest absolute Gasteiger partial charge is 0.364 e. The fourth-order valence-corrected chi connectivity index (χ4v) is 3.29. The van der Waals surface area contributed by atoms with E-state index in [9.17, 15) is 19.3 Å². The van der Waals surface area contributed by atoms with E-state index >= 15 is 0 Å². The molecule has 22 heavy (non-hydrogen) atoms. The van der Waals surface area contributed by atoms with Gasteiger partial charge >= 0.3 is 6.23 Å². The average Bonchev–Trinajstić information content (AvgIpc) is 2.77. The van der Waals surface area contributed by atoms with Crippen LogP contribution in [0.15, 0.2) is 35.6 Å². The van der Waals surface area contributed by atoms with Gasteiger partial charge in [-0.1, -0.05) is 32.0 Å². The molecule has 0 N–H and O–H groups in total. The standard InChI is InChI=1S/C16H16FNO4/c1-16(2)7-11(19)14-12(8-16)22-15(18(20)21)13(14)9-5-3-4-6-10(9)17/h3-6,13,15H,7-8H2,1-2H3/t13-,15-/m0/s1. The summed E-state index contributed by atoms with van der Waals surface area (Å²) in [6, 6.07) is 5.83. The van der Waals surface area contributed by atoms with Gasteiger partial charge in [0.1, 0.15) is 17.5 Å². The van der Waals surface area contributed by atoms with Crippen LogP contribution in [0.3, 0.4) is 0 Å². The first-order valence-electron chi connectivity index (χ1n) is 7.11. The van der Waals surface area contributed by atoms with Gasteiger partial charge in [0.25, 0.3) is 0 Å². The number of rotatable bonds is 2. The summed E-state index contributed by atoms with van der Waals surface area (Å²) in [4.78, 5) is 23.2. The number of Topliss-reactive ketones (excluding diaryl/α,β-unsaturated/α-hetero) is 1. The van der Waals surface area contributed by atoms with Crippen molar-refractivity contribution in [2.45, 2.75) is 38.8 Å². The summed E-state index contributed by atoms with van der Waals surface area (Å²) in [7, 11) is 0. The summed E-state index contributed by atoms with van der Waals surface area (Å²) in [6.45, 7) is 3.82. The summed E-state index contributed by atoms with van der Waals surface area (Å²) in [5, 5.41) is 11.3. The Labute approximate surface area is 126 Å². The number of halogens is 1. The third-order valence-electron chi connectivity index (χ3n) is 4.19. The predicted molar refractivity (Wildman–Crippen MR) is 76.1 cm³/mol. The molecule has 1 aromatic rings. The molecule has 2 atom stereocenters. The van der Waals surface area contributed by atoms with E-state index in [-0.39, 0.29) is 28.8 Å². The van der Waals surface area contributed by atoms with Crippen LogP contribution in [0.2, 0.25) is 0 Å². The molecule has 3 rings (SSSR count). The van der Waals surface area contributed by atoms with Gasteiger partial charge in [-0.15, -0.1) is 0 Å². The second-order valence-electron chi connectivity index (χ2n) is 6.57. The van der Waals surface area contributed by atoms with E-state index in [4.69, 9.17) is 4.74 Å². The third-order valence-corrected chi connectivity index (χ3v) is 4.19. The molecule has 1 aliphatic carbocycles. The van der Waals surface area contributed by atoms with Crippen molar-refractivity contribution in [3.8, 4) is 0 Å². The van der Waals surface area contributed by atoms with Gasteiger partial charge in [-0.05, 0) is 11.5 Å². The number of hydrogen-bond donors (Lipinski definition) is 0. The second-order valence-corrected chi connectivity index (χ2v) is 6.57. The number of ketones is 1. The van der Waals surface area contributed by atoms with Crippen LogP contribution in [-0.2, 0) is 9.53 Å². The van der Waals surface area contributed by atoms with Crippen LogP contribution in [-0.4, -0.2) is 16.9 Å². The van der Waals surface area contributed by atoms with Crippen LogP contribution in [0.1, 0.15) is 38.2 Å². The zero-order chi connectivity index (χ0) is 16.1. The topological polar surface area (TPSA) is 69.4 Å². The van der Waals surface area contributed by atoms with Crippen molar-refractivity contribution in [3.05, 3.63) is 57.1 Å². The molecular formula is C16H16FNO4.